The summed E-state index contributed by atoms with van der Waals surface area (Å²) in [5.41, 5.74) is 0. The van der Waals surface area contributed by atoms with Crippen molar-refractivity contribution in [3.05, 3.63) is 0 Å². The van der Waals surface area contributed by atoms with Crippen LogP contribution in [0.4, 0.5) is 0 Å². The molecule has 0 aromatic rings. The molecule has 2 nitrogen and oxygen atoms in total. The molecule has 0 aliphatic rings. The van der Waals surface area contributed by atoms with Gasteiger partial charge in [0, 0.05) is 13.2 Å². The second-order valence-electron chi connectivity index (χ2n) is 6.10. The van der Waals surface area contributed by atoms with Crippen molar-refractivity contribution in [3.8, 4) is 0 Å². The van der Waals surface area contributed by atoms with Crippen LogP contribution < -0.4 is 0 Å². The van der Waals surface area contributed by atoms with Gasteiger partial charge in [0.2, 0.25) is 0 Å². The molecule has 2 heteroatoms. The first kappa shape index (κ1) is 19.9. The molecule has 0 saturated heterocycles. The summed E-state index contributed by atoms with van der Waals surface area (Å²) < 4.78 is 0. The van der Waals surface area contributed by atoms with Gasteiger partial charge in [-0.05, 0) is 12.8 Å². The van der Waals surface area contributed by atoms with Gasteiger partial charge in [-0.2, -0.15) is 0 Å². The highest BCUT2D eigenvalue weighted by Crippen LogP contribution is 2.13. The second-order valence-corrected chi connectivity index (χ2v) is 6.10. The maximum Gasteiger partial charge on any atom is 0.0431 e. The van der Waals surface area contributed by atoms with Crippen molar-refractivity contribution in [3.63, 3.8) is 0 Å². The number of unbranched alkanes of at least 4 members (excludes halogenated alkanes) is 15. The van der Waals surface area contributed by atoms with E-state index in [1.54, 1.807) is 0 Å². The van der Waals surface area contributed by atoms with Crippen LogP contribution in [0.25, 0.3) is 0 Å². The molecule has 0 aliphatic carbocycles. The Kier molecular flexibility index (Phi) is 18.8. The molecule has 0 rings (SSSR count). The van der Waals surface area contributed by atoms with Crippen molar-refractivity contribution in [2.75, 3.05) is 13.2 Å². The second kappa shape index (κ2) is 18.9. The van der Waals surface area contributed by atoms with Crippen LogP contribution in [0.15, 0.2) is 0 Å². The Morgan fingerprint density at radius 1 is 0.250 bits per heavy atom. The molecule has 20 heavy (non-hydrogen) atoms. The summed E-state index contributed by atoms with van der Waals surface area (Å²) in [4.78, 5) is 0. The topological polar surface area (TPSA) is 40.5 Å². The van der Waals surface area contributed by atoms with E-state index < -0.39 is 0 Å². The molecule has 122 valence electrons. The molecule has 0 aliphatic heterocycles. The van der Waals surface area contributed by atoms with E-state index in [2.05, 4.69) is 0 Å². The standard InChI is InChI=1S/C18H38O2/c19-17-15-13-11-9-7-5-3-1-2-4-6-8-10-12-14-16-18-20/h19-20H,1-18H2. The van der Waals surface area contributed by atoms with Gasteiger partial charge in [-0.1, -0.05) is 89.9 Å². The fourth-order valence-electron chi connectivity index (χ4n) is 2.70. The van der Waals surface area contributed by atoms with Crippen LogP contribution in [0, 0.1) is 0 Å². The minimum Gasteiger partial charge on any atom is -0.396 e. The van der Waals surface area contributed by atoms with Gasteiger partial charge in [0.1, 0.15) is 0 Å². The number of aliphatic hydroxyl groups is 2. The largest absolute Gasteiger partial charge is 0.396 e. The lowest BCUT2D eigenvalue weighted by Gasteiger charge is -2.03. The van der Waals surface area contributed by atoms with Crippen LogP contribution in [0.2, 0.25) is 0 Å². The number of hydrogen-bond donors (Lipinski definition) is 2. The maximum atomic E-state index is 8.67. The van der Waals surface area contributed by atoms with Gasteiger partial charge in [-0.25, -0.2) is 0 Å². The summed E-state index contributed by atoms with van der Waals surface area (Å²) in [5.74, 6) is 0. The summed E-state index contributed by atoms with van der Waals surface area (Å²) in [5, 5.41) is 17.3. The first-order valence-corrected chi connectivity index (χ1v) is 9.13. The van der Waals surface area contributed by atoms with E-state index in [0.717, 1.165) is 12.8 Å². The predicted octanol–water partition coefficient (Wildman–Crippen LogP) is 5.21. The minimum absolute atomic E-state index is 0.363. The molecule has 0 heterocycles. The van der Waals surface area contributed by atoms with Crippen molar-refractivity contribution in [2.45, 2.75) is 103 Å². The third-order valence-corrected chi connectivity index (χ3v) is 4.07. The Hall–Kier alpha value is -0.0800. The zero-order chi connectivity index (χ0) is 14.7. The van der Waals surface area contributed by atoms with Gasteiger partial charge in [0.05, 0.1) is 0 Å². The lowest BCUT2D eigenvalue weighted by molar-refractivity contribution is 0.282. The average molecular weight is 286 g/mol. The van der Waals surface area contributed by atoms with E-state index in [-0.39, 0.29) is 0 Å². The Morgan fingerprint density at radius 2 is 0.400 bits per heavy atom. The van der Waals surface area contributed by atoms with Crippen LogP contribution in [-0.4, -0.2) is 23.4 Å². The van der Waals surface area contributed by atoms with Crippen molar-refractivity contribution in [1.82, 2.24) is 0 Å². The fourth-order valence-corrected chi connectivity index (χ4v) is 2.70. The molecule has 0 unspecified atom stereocenters. The number of hydrogen-bond acceptors (Lipinski definition) is 2. The van der Waals surface area contributed by atoms with Crippen LogP contribution in [-0.2, 0) is 0 Å². The Balaban J connectivity index is 2.89. The van der Waals surface area contributed by atoms with E-state index in [0.29, 0.717) is 13.2 Å². The first-order chi connectivity index (χ1) is 9.91. The molecule has 0 spiro atoms. The monoisotopic (exact) mass is 286 g/mol. The Labute approximate surface area is 127 Å². The zero-order valence-electron chi connectivity index (χ0n) is 13.6. The fraction of sp³-hybridized carbons (Fsp3) is 1.00. The average Bonchev–Trinajstić information content (AvgIpc) is 2.47. The zero-order valence-corrected chi connectivity index (χ0v) is 13.6. The van der Waals surface area contributed by atoms with Crippen molar-refractivity contribution in [1.29, 1.82) is 0 Å². The minimum atomic E-state index is 0.363. The molecule has 0 aromatic heterocycles. The van der Waals surface area contributed by atoms with E-state index in [9.17, 15) is 0 Å². The molecule has 0 aromatic carbocycles. The highest BCUT2D eigenvalue weighted by Gasteiger charge is 1.94. The van der Waals surface area contributed by atoms with Crippen molar-refractivity contribution in [2.24, 2.45) is 0 Å². The molecule has 0 atom stereocenters. The Bertz CT molecular complexity index is 141. The molecule has 0 saturated carbocycles. The summed E-state index contributed by atoms with van der Waals surface area (Å²) >= 11 is 0. The van der Waals surface area contributed by atoms with Gasteiger partial charge < -0.3 is 10.2 Å². The van der Waals surface area contributed by atoms with E-state index in [1.807, 2.05) is 0 Å². The van der Waals surface area contributed by atoms with Crippen LogP contribution in [0.5, 0.6) is 0 Å². The summed E-state index contributed by atoms with van der Waals surface area (Å²) in [6.07, 6.45) is 20.9. The van der Waals surface area contributed by atoms with E-state index in [4.69, 9.17) is 10.2 Å². The molecular formula is C18H38O2. The molecule has 0 amide bonds. The van der Waals surface area contributed by atoms with Crippen LogP contribution in [0.1, 0.15) is 103 Å². The first-order valence-electron chi connectivity index (χ1n) is 9.13. The van der Waals surface area contributed by atoms with E-state index >= 15 is 0 Å². The normalized spacial score (nSPS) is 11.1. The lowest BCUT2D eigenvalue weighted by Crippen LogP contribution is -1.85. The van der Waals surface area contributed by atoms with Gasteiger partial charge in [-0.3, -0.25) is 0 Å². The van der Waals surface area contributed by atoms with Crippen molar-refractivity contribution >= 4 is 0 Å². The maximum absolute atomic E-state index is 8.67. The predicted molar refractivity (Wildman–Crippen MR) is 88.0 cm³/mol. The summed E-state index contributed by atoms with van der Waals surface area (Å²) in [7, 11) is 0. The summed E-state index contributed by atoms with van der Waals surface area (Å²) in [6.45, 7) is 0.725. The van der Waals surface area contributed by atoms with Gasteiger partial charge >= 0.3 is 0 Å². The Morgan fingerprint density at radius 3 is 0.550 bits per heavy atom. The molecular weight excluding hydrogens is 248 g/mol. The molecule has 0 bridgehead atoms. The van der Waals surface area contributed by atoms with Gasteiger partial charge in [0.25, 0.3) is 0 Å². The van der Waals surface area contributed by atoms with Gasteiger partial charge in [0.15, 0.2) is 0 Å². The smallest absolute Gasteiger partial charge is 0.0431 e. The highest BCUT2D eigenvalue weighted by atomic mass is 16.3. The van der Waals surface area contributed by atoms with Gasteiger partial charge in [-0.15, -0.1) is 0 Å². The van der Waals surface area contributed by atoms with Crippen LogP contribution in [0.3, 0.4) is 0 Å². The summed E-state index contributed by atoms with van der Waals surface area (Å²) in [6, 6.07) is 0. The van der Waals surface area contributed by atoms with Crippen molar-refractivity contribution < 1.29 is 10.2 Å². The molecule has 0 radical (unpaired) electrons. The number of aliphatic hydroxyl groups excluding tert-OH is 2. The van der Waals surface area contributed by atoms with E-state index in [1.165, 1.54) is 89.9 Å². The highest BCUT2D eigenvalue weighted by molar-refractivity contribution is 4.49. The quantitative estimate of drug-likeness (QED) is 0.360. The lowest BCUT2D eigenvalue weighted by atomic mass is 10.0. The molecule has 0 fully saturated rings. The third kappa shape index (κ3) is 17.9. The van der Waals surface area contributed by atoms with Crippen LogP contribution >= 0.6 is 0 Å². The number of rotatable bonds is 17. The SMILES string of the molecule is OCCCCCCCCCCCCCCCCCCO. The third-order valence-electron chi connectivity index (χ3n) is 4.07. The molecule has 2 N–H and O–H groups in total.